The Labute approximate surface area is 143 Å². The Balaban J connectivity index is 0.000000412. The zero-order valence-electron chi connectivity index (χ0n) is 13.2. The molecule has 1 heterocycles. The highest BCUT2D eigenvalue weighted by Crippen LogP contribution is 2.23. The lowest BCUT2D eigenvalue weighted by Crippen LogP contribution is -2.32. The molecule has 0 saturated heterocycles. The summed E-state index contributed by atoms with van der Waals surface area (Å²) in [6.45, 7) is 0. The van der Waals surface area contributed by atoms with Crippen molar-refractivity contribution in [1.29, 1.82) is 0 Å². The van der Waals surface area contributed by atoms with E-state index in [0.29, 0.717) is 22.3 Å². The normalized spacial score (nSPS) is 12.0. The quantitative estimate of drug-likeness (QED) is 0.679. The number of methoxy groups -OCH3 is 1. The van der Waals surface area contributed by atoms with Crippen LogP contribution in [0.4, 0.5) is 13.2 Å². The summed E-state index contributed by atoms with van der Waals surface area (Å²) in [7, 11) is 1.50. The Morgan fingerprint density at radius 3 is 2.31 bits per heavy atom. The van der Waals surface area contributed by atoms with Crippen LogP contribution in [0.25, 0.3) is 11.0 Å². The van der Waals surface area contributed by atoms with Crippen LogP contribution in [0.3, 0.4) is 0 Å². The number of carbonyl (C=O) groups is 2. The van der Waals surface area contributed by atoms with Crippen molar-refractivity contribution in [3.63, 3.8) is 0 Å². The number of ether oxygens (including phenoxy) is 1. The first kappa shape index (κ1) is 21.0. The van der Waals surface area contributed by atoms with E-state index in [9.17, 15) is 22.8 Å². The molecule has 0 amide bonds. The predicted molar refractivity (Wildman–Crippen MR) is 82.0 cm³/mol. The summed E-state index contributed by atoms with van der Waals surface area (Å²) in [5.41, 5.74) is 5.83. The van der Waals surface area contributed by atoms with Crippen molar-refractivity contribution in [2.75, 3.05) is 7.11 Å². The largest absolute Gasteiger partial charge is 0.497 e. The van der Waals surface area contributed by atoms with Gasteiger partial charge < -0.3 is 25.1 Å². The van der Waals surface area contributed by atoms with Crippen molar-refractivity contribution in [1.82, 2.24) is 0 Å². The molecule has 0 fully saturated rings. The van der Waals surface area contributed by atoms with Gasteiger partial charge in [-0.2, -0.15) is 13.2 Å². The van der Waals surface area contributed by atoms with E-state index in [1.807, 2.05) is 0 Å². The molecule has 0 spiro atoms. The number of aliphatic carboxylic acids is 2. The third kappa shape index (κ3) is 5.77. The maximum absolute atomic E-state index is 11.5. The highest BCUT2D eigenvalue weighted by atomic mass is 19.4. The topological polar surface area (TPSA) is 140 Å². The van der Waals surface area contributed by atoms with E-state index in [1.165, 1.54) is 13.2 Å². The van der Waals surface area contributed by atoms with Gasteiger partial charge in [0.2, 0.25) is 0 Å². The average Bonchev–Trinajstić information content (AvgIpc) is 2.53. The van der Waals surface area contributed by atoms with E-state index >= 15 is 0 Å². The molecule has 1 aromatic heterocycles. The molecule has 2 aromatic rings. The third-order valence-corrected chi connectivity index (χ3v) is 3.04. The van der Waals surface area contributed by atoms with E-state index < -0.39 is 29.8 Å². The minimum absolute atomic E-state index is 0.0593. The van der Waals surface area contributed by atoms with Gasteiger partial charge in [-0.15, -0.1) is 0 Å². The molecule has 0 aliphatic heterocycles. The number of rotatable bonds is 4. The molecule has 26 heavy (non-hydrogen) atoms. The molecule has 0 bridgehead atoms. The molecule has 142 valence electrons. The smallest absolute Gasteiger partial charge is 0.490 e. The Kier molecular flexibility index (Phi) is 6.72. The summed E-state index contributed by atoms with van der Waals surface area (Å²) in [6.07, 6.45) is -5.02. The lowest BCUT2D eigenvalue weighted by molar-refractivity contribution is -0.192. The summed E-state index contributed by atoms with van der Waals surface area (Å²) in [6, 6.07) is 5.19. The molecule has 2 rings (SSSR count). The molecule has 0 aliphatic rings. The van der Waals surface area contributed by atoms with E-state index in [2.05, 4.69) is 0 Å². The van der Waals surface area contributed by atoms with Gasteiger partial charge >= 0.3 is 23.7 Å². The molecular weight excluding hydrogens is 363 g/mol. The van der Waals surface area contributed by atoms with Crippen LogP contribution in [0, 0.1) is 0 Å². The number of alkyl halides is 3. The molecule has 8 nitrogen and oxygen atoms in total. The van der Waals surface area contributed by atoms with Gasteiger partial charge in [-0.05, 0) is 24.1 Å². The Bertz CT molecular complexity index is 860. The van der Waals surface area contributed by atoms with Crippen molar-refractivity contribution >= 4 is 22.9 Å². The van der Waals surface area contributed by atoms with Crippen LogP contribution in [-0.4, -0.2) is 41.5 Å². The highest BCUT2D eigenvalue weighted by Gasteiger charge is 2.38. The van der Waals surface area contributed by atoms with Crippen LogP contribution >= 0.6 is 0 Å². The SMILES string of the molecule is COc1ccc2c(CC(N)C(=O)O)cc(=O)oc2c1.O=C(O)C(F)(F)F. The van der Waals surface area contributed by atoms with Crippen molar-refractivity contribution < 1.29 is 42.1 Å². The van der Waals surface area contributed by atoms with Crippen LogP contribution in [0.15, 0.2) is 33.5 Å². The molecule has 1 unspecified atom stereocenters. The second kappa shape index (κ2) is 8.34. The van der Waals surface area contributed by atoms with Gasteiger partial charge in [-0.25, -0.2) is 9.59 Å². The van der Waals surface area contributed by atoms with E-state index in [4.69, 9.17) is 29.9 Å². The zero-order valence-corrected chi connectivity index (χ0v) is 13.2. The molecule has 0 aliphatic carbocycles. The lowest BCUT2D eigenvalue weighted by Gasteiger charge is -2.09. The molecule has 4 N–H and O–H groups in total. The minimum Gasteiger partial charge on any atom is -0.497 e. The Hall–Kier alpha value is -3.08. The summed E-state index contributed by atoms with van der Waals surface area (Å²) >= 11 is 0. The van der Waals surface area contributed by atoms with Gasteiger partial charge in [0.15, 0.2) is 0 Å². The number of halogens is 3. The van der Waals surface area contributed by atoms with Crippen LogP contribution in [0.1, 0.15) is 5.56 Å². The van der Waals surface area contributed by atoms with Gasteiger partial charge in [0.25, 0.3) is 0 Å². The first-order valence-electron chi connectivity index (χ1n) is 6.85. The lowest BCUT2D eigenvalue weighted by atomic mass is 10.0. The summed E-state index contributed by atoms with van der Waals surface area (Å²) in [4.78, 5) is 31.1. The van der Waals surface area contributed by atoms with Gasteiger partial charge in [-0.3, -0.25) is 4.79 Å². The minimum atomic E-state index is -5.08. The second-order valence-corrected chi connectivity index (χ2v) is 4.90. The maximum Gasteiger partial charge on any atom is 0.490 e. The van der Waals surface area contributed by atoms with Crippen molar-refractivity contribution in [2.45, 2.75) is 18.6 Å². The third-order valence-electron chi connectivity index (χ3n) is 3.04. The number of benzene rings is 1. The average molecular weight is 377 g/mol. The van der Waals surface area contributed by atoms with Crippen molar-refractivity contribution in [2.24, 2.45) is 5.73 Å². The zero-order chi connectivity index (χ0) is 20.1. The van der Waals surface area contributed by atoms with E-state index in [0.717, 1.165) is 0 Å². The Morgan fingerprint density at radius 1 is 1.27 bits per heavy atom. The standard InChI is InChI=1S/C13H13NO5.C2HF3O2/c1-18-8-2-3-9-7(4-10(14)13(16)17)5-12(15)19-11(9)6-8;3-2(4,5)1(6)7/h2-3,5-6,10H,4,14H2,1H3,(H,16,17);(H,6,7). The first-order valence-corrected chi connectivity index (χ1v) is 6.85. The van der Waals surface area contributed by atoms with Crippen LogP contribution in [-0.2, 0) is 16.0 Å². The van der Waals surface area contributed by atoms with Gasteiger partial charge in [0, 0.05) is 17.5 Å². The van der Waals surface area contributed by atoms with Crippen molar-refractivity contribution in [3.8, 4) is 5.75 Å². The number of carboxylic acid groups (broad SMARTS) is 2. The van der Waals surface area contributed by atoms with Gasteiger partial charge in [0.05, 0.1) is 7.11 Å². The first-order chi connectivity index (χ1) is 12.0. The van der Waals surface area contributed by atoms with Crippen LogP contribution in [0.5, 0.6) is 5.75 Å². The molecule has 1 aromatic carbocycles. The fraction of sp³-hybridized carbons (Fsp3) is 0.267. The predicted octanol–water partition coefficient (Wildman–Crippen LogP) is 1.39. The summed E-state index contributed by atoms with van der Waals surface area (Å²) in [5, 5.41) is 16.6. The molecule has 0 saturated carbocycles. The maximum atomic E-state index is 11.5. The number of hydrogen-bond acceptors (Lipinski definition) is 6. The summed E-state index contributed by atoms with van der Waals surface area (Å²) in [5.74, 6) is -3.32. The Morgan fingerprint density at radius 2 is 1.85 bits per heavy atom. The highest BCUT2D eigenvalue weighted by molar-refractivity contribution is 5.83. The van der Waals surface area contributed by atoms with Crippen LogP contribution < -0.4 is 16.1 Å². The van der Waals surface area contributed by atoms with Crippen molar-refractivity contribution in [3.05, 3.63) is 40.2 Å². The molecular formula is C15H14F3NO7. The van der Waals surface area contributed by atoms with E-state index in [1.54, 1.807) is 18.2 Å². The summed E-state index contributed by atoms with van der Waals surface area (Å²) < 4.78 is 41.8. The second-order valence-electron chi connectivity index (χ2n) is 4.90. The van der Waals surface area contributed by atoms with E-state index in [-0.39, 0.29) is 6.42 Å². The number of carboxylic acids is 2. The number of hydrogen-bond donors (Lipinski definition) is 3. The fourth-order valence-corrected chi connectivity index (χ4v) is 1.83. The molecule has 11 heteroatoms. The van der Waals surface area contributed by atoms with Gasteiger partial charge in [0.1, 0.15) is 17.4 Å². The number of nitrogens with two attached hydrogens (primary N) is 1. The molecule has 1 atom stereocenters. The number of fused-ring (bicyclic) bond motifs is 1. The molecule has 0 radical (unpaired) electrons. The van der Waals surface area contributed by atoms with Gasteiger partial charge in [-0.1, -0.05) is 0 Å². The van der Waals surface area contributed by atoms with Crippen LogP contribution in [0.2, 0.25) is 0 Å². The monoisotopic (exact) mass is 377 g/mol. The fourth-order valence-electron chi connectivity index (χ4n) is 1.83.